The summed E-state index contributed by atoms with van der Waals surface area (Å²) in [6.45, 7) is 2.65. The maximum Gasteiger partial charge on any atom is 0.338 e. The maximum atomic E-state index is 12.1. The number of carbonyl (C=O) groups is 1. The number of aromatic nitrogens is 4. The minimum Gasteiger partial charge on any atom is -0.468 e. The van der Waals surface area contributed by atoms with Crippen LogP contribution in [0.15, 0.2) is 72.8 Å². The van der Waals surface area contributed by atoms with Crippen molar-refractivity contribution in [2.24, 2.45) is 7.05 Å². The van der Waals surface area contributed by atoms with E-state index in [4.69, 9.17) is 9.47 Å². The molecule has 0 bridgehead atoms. The average Bonchev–Trinajstić information content (AvgIpc) is 3.21. The molecule has 5 rings (SSSR count). The van der Waals surface area contributed by atoms with Gasteiger partial charge in [-0.1, -0.05) is 49.4 Å². The van der Waals surface area contributed by atoms with Crippen molar-refractivity contribution >= 4 is 27.8 Å². The third-order valence-corrected chi connectivity index (χ3v) is 5.70. The van der Waals surface area contributed by atoms with E-state index in [1.54, 1.807) is 12.1 Å². The van der Waals surface area contributed by atoms with E-state index in [0.717, 1.165) is 45.3 Å². The highest BCUT2D eigenvalue weighted by molar-refractivity contribution is 5.97. The van der Waals surface area contributed by atoms with Gasteiger partial charge in [-0.15, -0.1) is 10.2 Å². The number of para-hydroxylation sites is 2. The predicted molar refractivity (Wildman–Crippen MR) is 131 cm³/mol. The number of rotatable bonds is 7. The Hall–Kier alpha value is -4.26. The summed E-state index contributed by atoms with van der Waals surface area (Å²) in [6, 6.07) is 23.1. The molecule has 0 amide bonds. The molecule has 170 valence electrons. The van der Waals surface area contributed by atoms with E-state index in [0.29, 0.717) is 18.1 Å². The van der Waals surface area contributed by atoms with Gasteiger partial charge in [-0.05, 0) is 36.8 Å². The van der Waals surface area contributed by atoms with Gasteiger partial charge in [0, 0.05) is 23.4 Å². The Balaban J connectivity index is 1.43. The number of carbonyl (C=O) groups excluding carboxylic acids is 1. The Morgan fingerprint density at radius 3 is 2.41 bits per heavy atom. The van der Waals surface area contributed by atoms with E-state index in [9.17, 15) is 4.79 Å². The summed E-state index contributed by atoms with van der Waals surface area (Å²) in [5, 5.41) is 10.6. The largest absolute Gasteiger partial charge is 0.468 e. The van der Waals surface area contributed by atoms with Crippen LogP contribution in [0.2, 0.25) is 0 Å². The molecule has 0 saturated carbocycles. The van der Waals surface area contributed by atoms with Gasteiger partial charge in [-0.25, -0.2) is 9.78 Å². The highest BCUT2D eigenvalue weighted by atomic mass is 16.5. The lowest BCUT2D eigenvalue weighted by atomic mass is 10.0. The number of aryl methyl sites for hydroxylation is 1. The first-order chi connectivity index (χ1) is 16.7. The quantitative estimate of drug-likeness (QED) is 0.311. The Kier molecular flexibility index (Phi) is 5.91. The highest BCUT2D eigenvalue weighted by Crippen LogP contribution is 2.31. The van der Waals surface area contributed by atoms with Crippen LogP contribution in [-0.2, 0) is 18.4 Å². The predicted octanol–water partition coefficient (Wildman–Crippen LogP) is 5.33. The summed E-state index contributed by atoms with van der Waals surface area (Å²) in [5.41, 5.74) is 4.07. The second kappa shape index (κ2) is 9.31. The van der Waals surface area contributed by atoms with Gasteiger partial charge < -0.3 is 14.0 Å². The number of nitrogens with zero attached hydrogens (tertiary/aromatic N) is 4. The van der Waals surface area contributed by atoms with Gasteiger partial charge in [0.25, 0.3) is 0 Å². The summed E-state index contributed by atoms with van der Waals surface area (Å²) in [6.07, 6.45) is 0.788. The third kappa shape index (κ3) is 4.08. The molecule has 2 heterocycles. The fourth-order valence-corrected chi connectivity index (χ4v) is 3.90. The van der Waals surface area contributed by atoms with Crippen molar-refractivity contribution < 1.29 is 14.3 Å². The van der Waals surface area contributed by atoms with Crippen molar-refractivity contribution in [1.82, 2.24) is 19.7 Å². The standard InChI is InChI=1S/C27H24N4O3/c1-3-16-33-27(32)19-14-12-18(13-15-19)25-20-8-4-5-9-21(20)26(30-29-25)34-17-24-28-22-10-6-7-11-23(22)31(24)2/h4-15H,3,16-17H2,1-2H3. The smallest absolute Gasteiger partial charge is 0.338 e. The lowest BCUT2D eigenvalue weighted by Gasteiger charge is -2.11. The van der Waals surface area contributed by atoms with Crippen LogP contribution in [0.3, 0.4) is 0 Å². The number of fused-ring (bicyclic) bond motifs is 2. The summed E-state index contributed by atoms with van der Waals surface area (Å²) in [7, 11) is 1.97. The van der Waals surface area contributed by atoms with E-state index in [2.05, 4.69) is 15.2 Å². The molecule has 0 saturated heterocycles. The number of imidazole rings is 1. The van der Waals surface area contributed by atoms with Crippen molar-refractivity contribution in [2.75, 3.05) is 6.61 Å². The Morgan fingerprint density at radius 1 is 0.912 bits per heavy atom. The van der Waals surface area contributed by atoms with Gasteiger partial charge in [0.1, 0.15) is 18.1 Å². The molecule has 3 aromatic carbocycles. The van der Waals surface area contributed by atoms with Gasteiger partial charge in [-0.2, -0.15) is 0 Å². The van der Waals surface area contributed by atoms with Crippen LogP contribution in [-0.4, -0.2) is 32.3 Å². The fraction of sp³-hybridized carbons (Fsp3) is 0.185. The normalized spacial score (nSPS) is 11.1. The summed E-state index contributed by atoms with van der Waals surface area (Å²) >= 11 is 0. The van der Waals surface area contributed by atoms with Crippen LogP contribution in [0, 0.1) is 0 Å². The van der Waals surface area contributed by atoms with Crippen molar-refractivity contribution in [3.05, 3.63) is 84.2 Å². The van der Waals surface area contributed by atoms with E-state index in [-0.39, 0.29) is 12.6 Å². The molecule has 34 heavy (non-hydrogen) atoms. The molecule has 0 aliphatic carbocycles. The highest BCUT2D eigenvalue weighted by Gasteiger charge is 2.15. The SMILES string of the molecule is CCCOC(=O)c1ccc(-c2nnc(OCc3nc4ccccc4n3C)c3ccccc23)cc1. The zero-order valence-electron chi connectivity index (χ0n) is 19.1. The van der Waals surface area contributed by atoms with Crippen LogP contribution < -0.4 is 4.74 Å². The monoisotopic (exact) mass is 452 g/mol. The van der Waals surface area contributed by atoms with E-state index >= 15 is 0 Å². The van der Waals surface area contributed by atoms with Crippen molar-refractivity contribution in [3.8, 4) is 17.1 Å². The van der Waals surface area contributed by atoms with Gasteiger partial charge >= 0.3 is 5.97 Å². The lowest BCUT2D eigenvalue weighted by Crippen LogP contribution is -2.06. The second-order valence-electron chi connectivity index (χ2n) is 7.98. The molecule has 0 fully saturated rings. The molecule has 0 aliphatic heterocycles. The number of ether oxygens (including phenoxy) is 2. The number of hydrogen-bond donors (Lipinski definition) is 0. The number of hydrogen-bond acceptors (Lipinski definition) is 6. The lowest BCUT2D eigenvalue weighted by molar-refractivity contribution is 0.0505. The Bertz CT molecular complexity index is 1480. The van der Waals surface area contributed by atoms with Gasteiger partial charge in [-0.3, -0.25) is 0 Å². The summed E-state index contributed by atoms with van der Waals surface area (Å²) in [5.74, 6) is 0.933. The molecular formula is C27H24N4O3. The molecule has 0 spiro atoms. The minimum absolute atomic E-state index is 0.276. The first kappa shape index (κ1) is 21.6. The first-order valence-corrected chi connectivity index (χ1v) is 11.2. The molecule has 0 aliphatic rings. The molecule has 0 atom stereocenters. The van der Waals surface area contributed by atoms with Gasteiger partial charge in [0.15, 0.2) is 0 Å². The zero-order valence-corrected chi connectivity index (χ0v) is 19.1. The molecule has 2 aromatic heterocycles. The third-order valence-electron chi connectivity index (χ3n) is 5.70. The van der Waals surface area contributed by atoms with Gasteiger partial charge in [0.05, 0.1) is 23.2 Å². The molecule has 0 unspecified atom stereocenters. The molecule has 7 nitrogen and oxygen atoms in total. The first-order valence-electron chi connectivity index (χ1n) is 11.2. The van der Waals surface area contributed by atoms with E-state index in [1.165, 1.54) is 0 Å². The molecular weight excluding hydrogens is 428 g/mol. The van der Waals surface area contributed by atoms with Crippen LogP contribution in [0.1, 0.15) is 29.5 Å². The van der Waals surface area contributed by atoms with Crippen LogP contribution in [0.25, 0.3) is 33.1 Å². The number of esters is 1. The Labute approximate surface area is 197 Å². The fourth-order valence-electron chi connectivity index (χ4n) is 3.90. The molecule has 0 N–H and O–H groups in total. The number of benzene rings is 3. The molecule has 5 aromatic rings. The maximum absolute atomic E-state index is 12.1. The van der Waals surface area contributed by atoms with Crippen LogP contribution in [0.4, 0.5) is 0 Å². The second-order valence-corrected chi connectivity index (χ2v) is 7.98. The zero-order chi connectivity index (χ0) is 23.5. The Morgan fingerprint density at radius 2 is 1.65 bits per heavy atom. The van der Waals surface area contributed by atoms with E-state index in [1.807, 2.05) is 79.2 Å². The van der Waals surface area contributed by atoms with E-state index < -0.39 is 0 Å². The van der Waals surface area contributed by atoms with Crippen LogP contribution in [0.5, 0.6) is 5.88 Å². The average molecular weight is 453 g/mol. The minimum atomic E-state index is -0.324. The molecule has 0 radical (unpaired) electrons. The molecule has 7 heteroatoms. The van der Waals surface area contributed by atoms with Crippen molar-refractivity contribution in [3.63, 3.8) is 0 Å². The van der Waals surface area contributed by atoms with Crippen LogP contribution >= 0.6 is 0 Å². The summed E-state index contributed by atoms with van der Waals surface area (Å²) < 4.78 is 13.3. The van der Waals surface area contributed by atoms with Gasteiger partial charge in [0.2, 0.25) is 5.88 Å². The summed E-state index contributed by atoms with van der Waals surface area (Å²) in [4.78, 5) is 16.8. The topological polar surface area (TPSA) is 79.1 Å². The van der Waals surface area contributed by atoms with Crippen molar-refractivity contribution in [1.29, 1.82) is 0 Å². The van der Waals surface area contributed by atoms with Crippen molar-refractivity contribution in [2.45, 2.75) is 20.0 Å².